The molecule has 0 aliphatic heterocycles. The van der Waals surface area contributed by atoms with Gasteiger partial charge in [-0.2, -0.15) is 0 Å². The average Bonchev–Trinajstić information content (AvgIpc) is 0.811. The first-order valence-corrected chi connectivity index (χ1v) is 2.27. The van der Waals surface area contributed by atoms with Crippen molar-refractivity contribution in [1.29, 1.82) is 0 Å². The van der Waals surface area contributed by atoms with Gasteiger partial charge in [-0.3, -0.25) is 0 Å². The Morgan fingerprint density at radius 2 is 1.80 bits per heavy atom. The van der Waals surface area contributed by atoms with Crippen molar-refractivity contribution in [2.24, 2.45) is 0 Å². The first kappa shape index (κ1) is 9.51. The molecule has 0 spiro atoms. The van der Waals surface area contributed by atoms with Gasteiger partial charge in [0.2, 0.25) is 0 Å². The van der Waals surface area contributed by atoms with Gasteiger partial charge >= 0.3 is 0 Å². The van der Waals surface area contributed by atoms with Crippen LogP contribution in [-0.4, -0.2) is 15.0 Å². The maximum atomic E-state index is 9.11. The summed E-state index contributed by atoms with van der Waals surface area (Å²) >= 11 is -1.61. The fraction of sp³-hybridized carbons (Fsp3) is 1.00. The maximum absolute atomic E-state index is 9.11. The van der Waals surface area contributed by atoms with Crippen LogP contribution in [0.5, 0.6) is 0 Å². The molecule has 5 heavy (non-hydrogen) atoms. The van der Waals surface area contributed by atoms with Crippen LogP contribution in [0.4, 0.5) is 0 Å². The minimum absolute atomic E-state index is 0. The Hall–Kier alpha value is 1.21. The molecule has 2 nitrogen and oxygen atoms in total. The zero-order chi connectivity index (χ0) is 3.58. The van der Waals surface area contributed by atoms with E-state index in [4.69, 9.17) is 8.76 Å². The molecular weight excluding hydrogens is 165 g/mol. The van der Waals surface area contributed by atoms with Crippen LogP contribution < -0.4 is 0 Å². The molecule has 0 saturated heterocycles. The molecule has 0 rings (SSSR count). The van der Waals surface area contributed by atoms with E-state index in [1.807, 2.05) is 0 Å². The van der Waals surface area contributed by atoms with Gasteiger partial charge in [-0.05, 0) is 0 Å². The minimum atomic E-state index is -1.61. The SMILES string of the molecule is CS(=O)O.[Y]. The molecule has 0 aromatic carbocycles. The molecule has 0 fully saturated rings. The van der Waals surface area contributed by atoms with Gasteiger partial charge in [-0.25, -0.2) is 4.21 Å². The molecule has 0 heterocycles. The topological polar surface area (TPSA) is 37.3 Å². The first-order chi connectivity index (χ1) is 1.73. The van der Waals surface area contributed by atoms with E-state index >= 15 is 0 Å². The second kappa shape index (κ2) is 5.21. The van der Waals surface area contributed by atoms with Crippen molar-refractivity contribution < 1.29 is 41.5 Å². The quantitative estimate of drug-likeness (QED) is 0.511. The normalized spacial score (nSPS) is 12.4. The van der Waals surface area contributed by atoms with E-state index in [1.165, 1.54) is 6.26 Å². The second-order valence-electron chi connectivity index (χ2n) is 0.424. The third-order valence-electron chi connectivity index (χ3n) is 0. The molecule has 0 bridgehead atoms. The van der Waals surface area contributed by atoms with Crippen LogP contribution in [0.1, 0.15) is 0 Å². The summed E-state index contributed by atoms with van der Waals surface area (Å²) in [5.74, 6) is 0. The molecule has 0 aromatic heterocycles. The van der Waals surface area contributed by atoms with E-state index < -0.39 is 11.1 Å². The smallest absolute Gasteiger partial charge is 0.149 e. The summed E-state index contributed by atoms with van der Waals surface area (Å²) in [4.78, 5) is 0. The van der Waals surface area contributed by atoms with Crippen molar-refractivity contribution in [3.63, 3.8) is 0 Å². The number of hydrogen-bond acceptors (Lipinski definition) is 1. The van der Waals surface area contributed by atoms with E-state index in [2.05, 4.69) is 0 Å². The standard InChI is InChI=1S/CH4O2S.Y/c1-4(2)3;/h1H3,(H,2,3);. The Morgan fingerprint density at radius 3 is 1.80 bits per heavy atom. The Labute approximate surface area is 58.5 Å². The monoisotopic (exact) mass is 169 g/mol. The number of hydrogen-bond donors (Lipinski definition) is 1. The molecule has 0 aromatic rings. The van der Waals surface area contributed by atoms with E-state index in [0.29, 0.717) is 0 Å². The molecule has 1 N–H and O–H groups in total. The summed E-state index contributed by atoms with van der Waals surface area (Å²) < 4.78 is 16.6. The van der Waals surface area contributed by atoms with Crippen molar-refractivity contribution in [3.8, 4) is 0 Å². The van der Waals surface area contributed by atoms with Gasteiger partial charge in [0.05, 0.1) is 0 Å². The summed E-state index contributed by atoms with van der Waals surface area (Å²) in [6.45, 7) is 0. The van der Waals surface area contributed by atoms with E-state index in [0.717, 1.165) is 0 Å². The van der Waals surface area contributed by atoms with Crippen LogP contribution in [0.15, 0.2) is 0 Å². The third-order valence-corrected chi connectivity index (χ3v) is 0. The molecule has 0 aliphatic rings. The number of rotatable bonds is 0. The van der Waals surface area contributed by atoms with Gasteiger partial charge in [0, 0.05) is 39.0 Å². The summed E-state index contributed by atoms with van der Waals surface area (Å²) in [6.07, 6.45) is 1.19. The Morgan fingerprint density at radius 1 is 1.80 bits per heavy atom. The van der Waals surface area contributed by atoms with Crippen LogP contribution in [0.3, 0.4) is 0 Å². The van der Waals surface area contributed by atoms with Crippen LogP contribution in [0.25, 0.3) is 0 Å². The van der Waals surface area contributed by atoms with Crippen molar-refractivity contribution >= 4 is 11.1 Å². The van der Waals surface area contributed by atoms with Gasteiger partial charge in [-0.1, -0.05) is 0 Å². The van der Waals surface area contributed by atoms with Crippen molar-refractivity contribution in [2.45, 2.75) is 0 Å². The molecule has 0 saturated carbocycles. The molecule has 1 radical (unpaired) electrons. The molecule has 0 amide bonds. The molecule has 0 aliphatic carbocycles. The van der Waals surface area contributed by atoms with Crippen molar-refractivity contribution in [1.82, 2.24) is 0 Å². The van der Waals surface area contributed by atoms with Gasteiger partial charge < -0.3 is 4.55 Å². The van der Waals surface area contributed by atoms with E-state index in [9.17, 15) is 0 Å². The van der Waals surface area contributed by atoms with Crippen LogP contribution in [0.2, 0.25) is 0 Å². The zero-order valence-electron chi connectivity index (χ0n) is 2.84. The summed E-state index contributed by atoms with van der Waals surface area (Å²) in [7, 11) is 0. The van der Waals surface area contributed by atoms with Gasteiger partial charge in [0.15, 0.2) is 0 Å². The predicted molar refractivity (Wildman–Crippen MR) is 16.7 cm³/mol. The van der Waals surface area contributed by atoms with Crippen LogP contribution in [-0.2, 0) is 43.8 Å². The Balaban J connectivity index is 0. The Kier molecular flexibility index (Phi) is 9.92. The summed E-state index contributed by atoms with van der Waals surface area (Å²) in [6, 6.07) is 0. The molecule has 1 unspecified atom stereocenters. The fourth-order valence-electron chi connectivity index (χ4n) is 0. The maximum Gasteiger partial charge on any atom is 0.149 e. The first-order valence-electron chi connectivity index (χ1n) is 0.757. The predicted octanol–water partition coefficient (Wildman–Crippen LogP) is -0.165. The second-order valence-corrected chi connectivity index (χ2v) is 1.27. The van der Waals surface area contributed by atoms with Gasteiger partial charge in [-0.15, -0.1) is 0 Å². The minimum Gasteiger partial charge on any atom is -0.306 e. The zero-order valence-corrected chi connectivity index (χ0v) is 6.50. The van der Waals surface area contributed by atoms with Crippen LogP contribution in [0, 0.1) is 0 Å². The Bertz CT molecular complexity index is 32.6. The van der Waals surface area contributed by atoms with E-state index in [1.54, 1.807) is 0 Å². The van der Waals surface area contributed by atoms with Crippen molar-refractivity contribution in [3.05, 3.63) is 0 Å². The molecular formula is CH4O2SY. The van der Waals surface area contributed by atoms with Gasteiger partial charge in [0.25, 0.3) is 0 Å². The van der Waals surface area contributed by atoms with E-state index in [-0.39, 0.29) is 32.7 Å². The third kappa shape index (κ3) is 36.5. The fourth-order valence-corrected chi connectivity index (χ4v) is 0. The largest absolute Gasteiger partial charge is 0.306 e. The van der Waals surface area contributed by atoms with Crippen molar-refractivity contribution in [2.75, 3.05) is 6.26 Å². The molecule has 4 heteroatoms. The average molecular weight is 169 g/mol. The summed E-state index contributed by atoms with van der Waals surface area (Å²) in [5.41, 5.74) is 0. The molecule has 1 atom stereocenters. The van der Waals surface area contributed by atoms with Crippen LogP contribution >= 0.6 is 0 Å². The van der Waals surface area contributed by atoms with Gasteiger partial charge in [0.1, 0.15) is 11.1 Å². The summed E-state index contributed by atoms with van der Waals surface area (Å²) in [5, 5.41) is 0. The molecule has 29 valence electrons.